The van der Waals surface area contributed by atoms with E-state index < -0.39 is 0 Å². The van der Waals surface area contributed by atoms with Gasteiger partial charge in [0, 0.05) is 19.6 Å². The summed E-state index contributed by atoms with van der Waals surface area (Å²) in [6.07, 6.45) is 0. The SMILES string of the molecule is [BH3-][N+](CC)(CC)CC. The molecule has 0 atom stereocenters. The number of hydrogen-bond donors (Lipinski definition) is 0. The van der Waals surface area contributed by atoms with E-state index >= 15 is 0 Å². The highest BCUT2D eigenvalue weighted by atomic mass is 15.3. The zero-order valence-corrected chi connectivity index (χ0v) is 5.57. The second-order valence-electron chi connectivity index (χ2n) is 1.62. The van der Waals surface area contributed by atoms with Crippen LogP contribution in [0.25, 0.3) is 0 Å². The Hall–Kier alpha value is 0.0249. The van der Waals surface area contributed by atoms with Gasteiger partial charge < -0.3 is 4.39 Å². The minimum absolute atomic E-state index is 0.521. The van der Waals surface area contributed by atoms with Crippen molar-refractivity contribution in [3.05, 3.63) is 0 Å². The van der Waals surface area contributed by atoms with Crippen molar-refractivity contribution in [1.29, 1.82) is 0 Å². The third kappa shape index (κ3) is 1.87. The van der Waals surface area contributed by atoms with Gasteiger partial charge in [-0.3, -0.25) is 0 Å². The average molecular weight is 115 g/mol. The van der Waals surface area contributed by atoms with E-state index in [1.807, 2.05) is 0 Å². The molecule has 0 amide bonds. The molecule has 0 unspecified atom stereocenters. The van der Waals surface area contributed by atoms with E-state index in [-0.39, 0.29) is 0 Å². The largest absolute Gasteiger partial charge is 0.523 e. The van der Waals surface area contributed by atoms with Crippen molar-refractivity contribution in [3.63, 3.8) is 0 Å². The van der Waals surface area contributed by atoms with Gasteiger partial charge in [0.25, 0.3) is 0 Å². The lowest BCUT2D eigenvalue weighted by Crippen LogP contribution is -2.44. The highest BCUT2D eigenvalue weighted by Gasteiger charge is 2.02. The van der Waals surface area contributed by atoms with Crippen molar-refractivity contribution in [1.82, 2.24) is 0 Å². The Morgan fingerprint density at radius 1 is 1.00 bits per heavy atom. The van der Waals surface area contributed by atoms with E-state index in [0.29, 0.717) is 7.98 Å². The molecule has 0 aromatic rings. The summed E-state index contributed by atoms with van der Waals surface area (Å²) in [5, 5.41) is 0. The van der Waals surface area contributed by atoms with Crippen LogP contribution in [0.4, 0.5) is 0 Å². The molecule has 0 saturated carbocycles. The van der Waals surface area contributed by atoms with Crippen LogP contribution >= 0.6 is 0 Å². The first-order valence-corrected chi connectivity index (χ1v) is 3.07. The van der Waals surface area contributed by atoms with Gasteiger partial charge in [-0.25, -0.2) is 0 Å². The van der Waals surface area contributed by atoms with Crippen LogP contribution in [0, 0.1) is 0 Å². The van der Waals surface area contributed by atoms with Gasteiger partial charge in [0.05, 0.1) is 0 Å². The van der Waals surface area contributed by atoms with Gasteiger partial charge >= 0.3 is 0 Å². The van der Waals surface area contributed by atoms with Gasteiger partial charge in [0.1, 0.15) is 0 Å². The molecule has 8 heavy (non-hydrogen) atoms. The van der Waals surface area contributed by atoms with Crippen molar-refractivity contribution >= 4 is 7.98 Å². The van der Waals surface area contributed by atoms with Crippen molar-refractivity contribution in [3.8, 4) is 0 Å². The van der Waals surface area contributed by atoms with E-state index in [0.717, 1.165) is 0 Å². The molecule has 0 radical (unpaired) electrons. The molecule has 0 saturated heterocycles. The van der Waals surface area contributed by atoms with Crippen molar-refractivity contribution in [2.45, 2.75) is 20.8 Å². The van der Waals surface area contributed by atoms with Crippen LogP contribution in [-0.2, 0) is 0 Å². The van der Waals surface area contributed by atoms with E-state index in [9.17, 15) is 0 Å². The summed E-state index contributed by atoms with van der Waals surface area (Å²) in [4.78, 5) is 0. The molecule has 0 aliphatic carbocycles. The molecule has 0 bridgehead atoms. The predicted molar refractivity (Wildman–Crippen MR) is 41.8 cm³/mol. The molecular weight excluding hydrogens is 96.9 g/mol. The summed E-state index contributed by atoms with van der Waals surface area (Å²) in [6, 6.07) is 0. The molecule has 1 nitrogen and oxygen atoms in total. The average Bonchev–Trinajstić information content (AvgIpc) is 1.87. The van der Waals surface area contributed by atoms with Crippen LogP contribution in [0.3, 0.4) is 0 Å². The summed E-state index contributed by atoms with van der Waals surface area (Å²) in [5.74, 6) is 0. The van der Waals surface area contributed by atoms with Crippen molar-refractivity contribution in [2.75, 3.05) is 19.6 Å². The number of quaternary nitrogens is 1. The normalized spacial score (nSPS) is 12.0. The van der Waals surface area contributed by atoms with E-state index in [1.165, 1.54) is 24.0 Å². The number of rotatable bonds is 3. The fraction of sp³-hybridized carbons (Fsp3) is 1.00. The Balaban J connectivity index is 3.58. The van der Waals surface area contributed by atoms with Crippen LogP contribution in [0.1, 0.15) is 20.8 Å². The molecule has 0 aliphatic rings. The Kier molecular flexibility index (Phi) is 3.14. The quantitative estimate of drug-likeness (QED) is 0.459. The van der Waals surface area contributed by atoms with Gasteiger partial charge in [-0.05, 0) is 20.8 Å². The molecule has 0 N–H and O–H groups in total. The zero-order chi connectivity index (χ0) is 6.62. The number of hydrogen-bond acceptors (Lipinski definition) is 0. The maximum atomic E-state index is 2.31. The first-order chi connectivity index (χ1) is 3.68. The lowest BCUT2D eigenvalue weighted by molar-refractivity contribution is -0.811. The van der Waals surface area contributed by atoms with E-state index in [4.69, 9.17) is 0 Å². The topological polar surface area (TPSA) is 0 Å². The minimum atomic E-state index is 0.521. The Labute approximate surface area is 53.7 Å². The maximum Gasteiger partial charge on any atom is 0.169 e. The monoisotopic (exact) mass is 115 g/mol. The highest BCUT2D eigenvalue weighted by molar-refractivity contribution is 5.97. The lowest BCUT2D eigenvalue weighted by atomic mass is 10.2. The summed E-state index contributed by atoms with van der Waals surface area (Å²) in [7, 11) is 0.521. The third-order valence-electron chi connectivity index (χ3n) is 1.34. The Morgan fingerprint density at radius 2 is 1.25 bits per heavy atom. The Bertz CT molecular complexity index is 51.3. The van der Waals surface area contributed by atoms with E-state index in [2.05, 4.69) is 20.8 Å². The van der Waals surface area contributed by atoms with Gasteiger partial charge in [-0.15, -0.1) is 0 Å². The second kappa shape index (κ2) is 3.13. The highest BCUT2D eigenvalue weighted by Crippen LogP contribution is 1.96. The van der Waals surface area contributed by atoms with Crippen LogP contribution < -0.4 is 0 Å². The molecule has 0 aromatic heterocycles. The van der Waals surface area contributed by atoms with Gasteiger partial charge in [-0.2, -0.15) is 0 Å². The fourth-order valence-corrected chi connectivity index (χ4v) is 0.671. The molecule has 0 aliphatic heterocycles. The molecule has 0 spiro atoms. The Morgan fingerprint density at radius 3 is 1.25 bits per heavy atom. The number of nitrogens with zero attached hydrogens (tertiary/aromatic N) is 1. The zero-order valence-electron chi connectivity index (χ0n) is 5.57. The molecular formula is C6H18BN. The van der Waals surface area contributed by atoms with Crippen molar-refractivity contribution in [2.24, 2.45) is 0 Å². The molecule has 0 heterocycles. The molecule has 0 rings (SSSR count). The van der Waals surface area contributed by atoms with E-state index in [1.54, 1.807) is 0 Å². The van der Waals surface area contributed by atoms with Gasteiger partial charge in [0.2, 0.25) is 0 Å². The first-order valence-electron chi connectivity index (χ1n) is 3.07. The smallest absolute Gasteiger partial charge is 0.169 e. The third-order valence-corrected chi connectivity index (χ3v) is 1.34. The van der Waals surface area contributed by atoms with Gasteiger partial charge in [0.15, 0.2) is 7.98 Å². The lowest BCUT2D eigenvalue weighted by Gasteiger charge is -2.40. The van der Waals surface area contributed by atoms with Gasteiger partial charge in [-0.1, -0.05) is 0 Å². The standard InChI is InChI=1S/C6H18BN/c1-4-8(7,5-2)6-3/h4-6H2,1-3,7H3. The predicted octanol–water partition coefficient (Wildman–Crippen LogP) is 0.143. The van der Waals surface area contributed by atoms with Crippen LogP contribution in [0.15, 0.2) is 0 Å². The molecule has 50 valence electrons. The van der Waals surface area contributed by atoms with Crippen LogP contribution in [0.2, 0.25) is 0 Å². The fourth-order valence-electron chi connectivity index (χ4n) is 0.671. The summed E-state index contributed by atoms with van der Waals surface area (Å²) in [6.45, 7) is 11.0. The second-order valence-corrected chi connectivity index (χ2v) is 1.62. The summed E-state index contributed by atoms with van der Waals surface area (Å²) >= 11 is 0. The molecule has 0 fully saturated rings. The summed E-state index contributed by atoms with van der Waals surface area (Å²) in [5.41, 5.74) is 0. The first kappa shape index (κ1) is 8.02. The molecule has 2 heteroatoms. The minimum Gasteiger partial charge on any atom is -0.523 e. The van der Waals surface area contributed by atoms with Crippen LogP contribution in [-0.4, -0.2) is 32.0 Å². The van der Waals surface area contributed by atoms with Crippen molar-refractivity contribution < 1.29 is 4.39 Å². The van der Waals surface area contributed by atoms with Crippen LogP contribution in [0.5, 0.6) is 0 Å². The molecule has 0 aromatic carbocycles. The summed E-state index contributed by atoms with van der Waals surface area (Å²) < 4.78 is 1.46. The maximum absolute atomic E-state index is 2.31.